The molecule has 3 nitrogen and oxygen atoms in total. The normalized spacial score (nSPS) is 12.1. The number of rotatable bonds is 4. The van der Waals surface area contributed by atoms with Gasteiger partial charge in [0.05, 0.1) is 6.10 Å². The standard InChI is InChI=1S/C16H18FNO2/c1-11(19)14-8-5-9-15(17)16(14)20-13-7-4-6-12(10-13)18(2)3/h4-11,19H,1-3H3. The summed E-state index contributed by atoms with van der Waals surface area (Å²) in [5, 5.41) is 9.69. The summed E-state index contributed by atoms with van der Waals surface area (Å²) in [4.78, 5) is 1.93. The van der Waals surface area contributed by atoms with Gasteiger partial charge in [-0.05, 0) is 25.1 Å². The van der Waals surface area contributed by atoms with Crippen LogP contribution in [0.15, 0.2) is 42.5 Å². The summed E-state index contributed by atoms with van der Waals surface area (Å²) in [6.07, 6.45) is -0.794. The first-order chi connectivity index (χ1) is 9.49. The summed E-state index contributed by atoms with van der Waals surface area (Å²) in [5.41, 5.74) is 1.39. The summed E-state index contributed by atoms with van der Waals surface area (Å²) < 4.78 is 19.5. The van der Waals surface area contributed by atoms with Gasteiger partial charge in [0.1, 0.15) is 5.75 Å². The second-order valence-corrected chi connectivity index (χ2v) is 4.83. The van der Waals surface area contributed by atoms with Gasteiger partial charge in [-0.1, -0.05) is 18.2 Å². The van der Waals surface area contributed by atoms with Crippen molar-refractivity contribution >= 4 is 5.69 Å². The summed E-state index contributed by atoms with van der Waals surface area (Å²) >= 11 is 0. The molecule has 0 spiro atoms. The van der Waals surface area contributed by atoms with E-state index in [1.807, 2.05) is 37.2 Å². The Hall–Kier alpha value is -2.07. The molecule has 0 aliphatic carbocycles. The number of ether oxygens (including phenoxy) is 1. The van der Waals surface area contributed by atoms with Crippen LogP contribution in [0, 0.1) is 5.82 Å². The smallest absolute Gasteiger partial charge is 0.168 e. The van der Waals surface area contributed by atoms with Crippen LogP contribution in [0.4, 0.5) is 10.1 Å². The van der Waals surface area contributed by atoms with E-state index in [2.05, 4.69) is 0 Å². The Morgan fingerprint density at radius 1 is 1.15 bits per heavy atom. The highest BCUT2D eigenvalue weighted by Gasteiger charge is 2.14. The quantitative estimate of drug-likeness (QED) is 0.922. The van der Waals surface area contributed by atoms with Gasteiger partial charge in [0.25, 0.3) is 0 Å². The third-order valence-electron chi connectivity index (χ3n) is 3.00. The maximum atomic E-state index is 13.9. The van der Waals surface area contributed by atoms with Crippen LogP contribution < -0.4 is 9.64 Å². The van der Waals surface area contributed by atoms with E-state index in [-0.39, 0.29) is 5.75 Å². The van der Waals surface area contributed by atoms with Crippen LogP contribution in [-0.4, -0.2) is 19.2 Å². The summed E-state index contributed by atoms with van der Waals surface area (Å²) in [5.74, 6) is 0.111. The Morgan fingerprint density at radius 2 is 1.85 bits per heavy atom. The number of aliphatic hydroxyl groups excluding tert-OH is 1. The number of anilines is 1. The predicted molar refractivity (Wildman–Crippen MR) is 77.9 cm³/mol. The van der Waals surface area contributed by atoms with Crippen molar-refractivity contribution in [2.24, 2.45) is 0 Å². The van der Waals surface area contributed by atoms with Crippen LogP contribution in [0.5, 0.6) is 11.5 Å². The maximum absolute atomic E-state index is 13.9. The van der Waals surface area contributed by atoms with Crippen LogP contribution >= 0.6 is 0 Å². The maximum Gasteiger partial charge on any atom is 0.168 e. The second-order valence-electron chi connectivity index (χ2n) is 4.83. The Balaban J connectivity index is 2.37. The fraction of sp³-hybridized carbons (Fsp3) is 0.250. The molecule has 1 unspecified atom stereocenters. The second kappa shape index (κ2) is 5.92. The van der Waals surface area contributed by atoms with Crippen LogP contribution in [0.2, 0.25) is 0 Å². The third kappa shape index (κ3) is 3.08. The van der Waals surface area contributed by atoms with Gasteiger partial charge in [-0.25, -0.2) is 4.39 Å². The minimum absolute atomic E-state index is 0.0680. The van der Waals surface area contributed by atoms with Gasteiger partial charge in [0.15, 0.2) is 11.6 Å². The number of aliphatic hydroxyl groups is 1. The molecule has 0 amide bonds. The van der Waals surface area contributed by atoms with Crippen molar-refractivity contribution in [3.8, 4) is 11.5 Å². The lowest BCUT2D eigenvalue weighted by Gasteiger charge is -2.16. The number of para-hydroxylation sites is 1. The molecular formula is C16H18FNO2. The van der Waals surface area contributed by atoms with E-state index in [1.165, 1.54) is 6.07 Å². The predicted octanol–water partition coefficient (Wildman–Crippen LogP) is 3.74. The lowest BCUT2D eigenvalue weighted by molar-refractivity contribution is 0.194. The van der Waals surface area contributed by atoms with E-state index in [1.54, 1.807) is 25.1 Å². The Bertz CT molecular complexity index is 597. The summed E-state index contributed by atoms with van der Waals surface area (Å²) in [7, 11) is 3.84. The minimum atomic E-state index is -0.794. The van der Waals surface area contributed by atoms with Gasteiger partial charge >= 0.3 is 0 Å². The molecule has 106 valence electrons. The number of hydrogen-bond donors (Lipinski definition) is 1. The average molecular weight is 275 g/mol. The molecule has 0 radical (unpaired) electrons. The topological polar surface area (TPSA) is 32.7 Å². The summed E-state index contributed by atoms with van der Waals surface area (Å²) in [6.45, 7) is 1.58. The molecule has 1 N–H and O–H groups in total. The molecule has 0 heterocycles. The highest BCUT2D eigenvalue weighted by Crippen LogP contribution is 2.33. The first kappa shape index (κ1) is 14.3. The molecule has 0 saturated carbocycles. The van der Waals surface area contributed by atoms with Crippen LogP contribution in [0.25, 0.3) is 0 Å². The first-order valence-corrected chi connectivity index (χ1v) is 6.40. The molecule has 0 aliphatic rings. The van der Waals surface area contributed by atoms with Gasteiger partial charge < -0.3 is 14.7 Å². The molecule has 0 saturated heterocycles. The zero-order chi connectivity index (χ0) is 14.7. The molecule has 2 rings (SSSR count). The Kier molecular flexibility index (Phi) is 4.25. The molecule has 0 aliphatic heterocycles. The van der Waals surface area contributed by atoms with Crippen molar-refractivity contribution < 1.29 is 14.2 Å². The first-order valence-electron chi connectivity index (χ1n) is 6.40. The lowest BCUT2D eigenvalue weighted by atomic mass is 10.1. The van der Waals surface area contributed by atoms with Gasteiger partial charge in [-0.3, -0.25) is 0 Å². The van der Waals surface area contributed by atoms with Crippen molar-refractivity contribution in [2.45, 2.75) is 13.0 Å². The molecule has 2 aromatic rings. The number of nitrogens with zero attached hydrogens (tertiary/aromatic N) is 1. The van der Waals surface area contributed by atoms with Crippen molar-refractivity contribution in [1.82, 2.24) is 0 Å². The van der Waals surface area contributed by atoms with Crippen molar-refractivity contribution in [3.63, 3.8) is 0 Å². The van der Waals surface area contributed by atoms with E-state index in [4.69, 9.17) is 4.74 Å². The van der Waals surface area contributed by atoms with Gasteiger partial charge in [0, 0.05) is 31.4 Å². The van der Waals surface area contributed by atoms with E-state index in [0.717, 1.165) is 5.69 Å². The highest BCUT2D eigenvalue weighted by atomic mass is 19.1. The Morgan fingerprint density at radius 3 is 2.50 bits per heavy atom. The monoisotopic (exact) mass is 275 g/mol. The largest absolute Gasteiger partial charge is 0.454 e. The molecule has 4 heteroatoms. The molecule has 0 aromatic heterocycles. The zero-order valence-corrected chi connectivity index (χ0v) is 11.8. The Labute approximate surface area is 118 Å². The zero-order valence-electron chi connectivity index (χ0n) is 11.8. The minimum Gasteiger partial charge on any atom is -0.454 e. The highest BCUT2D eigenvalue weighted by molar-refractivity contribution is 5.51. The fourth-order valence-electron chi connectivity index (χ4n) is 1.91. The third-order valence-corrected chi connectivity index (χ3v) is 3.00. The summed E-state index contributed by atoms with van der Waals surface area (Å²) in [6, 6.07) is 11.9. The van der Waals surface area contributed by atoms with Crippen LogP contribution in [0.1, 0.15) is 18.6 Å². The van der Waals surface area contributed by atoms with Crippen LogP contribution in [0.3, 0.4) is 0 Å². The van der Waals surface area contributed by atoms with Gasteiger partial charge in [-0.2, -0.15) is 0 Å². The molecule has 0 bridgehead atoms. The van der Waals surface area contributed by atoms with E-state index in [0.29, 0.717) is 11.3 Å². The molecule has 0 fully saturated rings. The molecule has 2 aromatic carbocycles. The number of hydrogen-bond acceptors (Lipinski definition) is 3. The van der Waals surface area contributed by atoms with E-state index < -0.39 is 11.9 Å². The fourth-order valence-corrected chi connectivity index (χ4v) is 1.91. The SMILES string of the molecule is CC(O)c1cccc(F)c1Oc1cccc(N(C)C)c1. The molecule has 1 atom stereocenters. The van der Waals surface area contributed by atoms with Gasteiger partial charge in [0.2, 0.25) is 0 Å². The molecular weight excluding hydrogens is 257 g/mol. The van der Waals surface area contributed by atoms with E-state index >= 15 is 0 Å². The van der Waals surface area contributed by atoms with Crippen LogP contribution in [-0.2, 0) is 0 Å². The number of halogens is 1. The number of benzene rings is 2. The average Bonchev–Trinajstić information content (AvgIpc) is 2.41. The van der Waals surface area contributed by atoms with Crippen molar-refractivity contribution in [2.75, 3.05) is 19.0 Å². The van der Waals surface area contributed by atoms with E-state index in [9.17, 15) is 9.50 Å². The lowest BCUT2D eigenvalue weighted by Crippen LogP contribution is -2.08. The van der Waals surface area contributed by atoms with Gasteiger partial charge in [-0.15, -0.1) is 0 Å². The van der Waals surface area contributed by atoms with Crippen molar-refractivity contribution in [1.29, 1.82) is 0 Å². The van der Waals surface area contributed by atoms with Crippen molar-refractivity contribution in [3.05, 3.63) is 53.8 Å². The molecule has 20 heavy (non-hydrogen) atoms.